The van der Waals surface area contributed by atoms with Gasteiger partial charge in [0.1, 0.15) is 0 Å². The van der Waals surface area contributed by atoms with Crippen molar-refractivity contribution < 1.29 is 42.3 Å². The fourth-order valence-electron chi connectivity index (χ4n) is 6.79. The van der Waals surface area contributed by atoms with Gasteiger partial charge in [0.05, 0.1) is 0 Å². The summed E-state index contributed by atoms with van der Waals surface area (Å²) in [5.74, 6) is 0.692. The van der Waals surface area contributed by atoms with Crippen LogP contribution >= 0.6 is 0 Å². The predicted molar refractivity (Wildman–Crippen MR) is 120 cm³/mol. The quantitative estimate of drug-likeness (QED) is 0.500. The van der Waals surface area contributed by atoms with Gasteiger partial charge < -0.3 is 24.8 Å². The molecule has 2 aliphatic carbocycles. The van der Waals surface area contributed by atoms with Gasteiger partial charge in [-0.1, -0.05) is 0 Å². The first kappa shape index (κ1) is 23.0. The standard InChI is InChI=1S/C13H9.C8H11.C4H8Si2.2ClH.Zr/c1-3-7-12-10(5-1)9-11-6-2-4-8-13(11)12;1-7(2)8-5-3-4-6-8;1-2-6-4-3-5-1;;;/h1-9H;5-7H,3H2,1-2H3;1-4H2;2*1H;/q;;;;;+2/p-2. The van der Waals surface area contributed by atoms with Crippen molar-refractivity contribution in [2.75, 3.05) is 0 Å². The van der Waals surface area contributed by atoms with Gasteiger partial charge in [-0.2, -0.15) is 0 Å². The van der Waals surface area contributed by atoms with Gasteiger partial charge in [0, 0.05) is 0 Å². The Labute approximate surface area is 197 Å². The van der Waals surface area contributed by atoms with Crippen molar-refractivity contribution in [3.63, 3.8) is 0 Å². The molecular weight excluding hydrogens is 519 g/mol. The van der Waals surface area contributed by atoms with Crippen LogP contribution in [0.5, 0.6) is 0 Å². The second-order valence-corrected chi connectivity index (χ2v) is 43.5. The number of fused-ring (bicyclic) bond motifs is 3. The molecule has 0 amide bonds. The number of hydrogen-bond acceptors (Lipinski definition) is 0. The molecule has 0 aromatic heterocycles. The zero-order valence-electron chi connectivity index (χ0n) is 17.7. The molecular formula is C25H28Cl2Si2Zr. The number of allylic oxidation sites excluding steroid dienone is 4. The molecule has 2 aromatic carbocycles. The molecule has 30 heavy (non-hydrogen) atoms. The van der Waals surface area contributed by atoms with Crippen molar-refractivity contribution in [2.45, 2.75) is 48.1 Å². The Hall–Kier alpha value is -0.183. The van der Waals surface area contributed by atoms with Crippen LogP contribution in [-0.2, 0) is 17.5 Å². The third-order valence-corrected chi connectivity index (χ3v) is 65.1. The van der Waals surface area contributed by atoms with Crippen molar-refractivity contribution in [3.8, 4) is 11.1 Å². The SMILES string of the molecule is CC(C)C1=CC[C]([Zr+2]2([CH]3c4ccccc4-c4ccccc43)=[Si]3CC[Si]=2CC3)=C1.[Cl-].[Cl-]. The van der Waals surface area contributed by atoms with E-state index in [9.17, 15) is 0 Å². The molecule has 154 valence electrons. The summed E-state index contributed by atoms with van der Waals surface area (Å²) in [5.41, 5.74) is 8.05. The fourth-order valence-corrected chi connectivity index (χ4v) is 85.0. The molecule has 0 atom stereocenters. The summed E-state index contributed by atoms with van der Waals surface area (Å²) in [6, 6.07) is 25.7. The van der Waals surface area contributed by atoms with Gasteiger partial charge in [-0.25, -0.2) is 0 Å². The van der Waals surface area contributed by atoms with E-state index in [-0.39, 0.29) is 35.7 Å². The molecule has 0 radical (unpaired) electrons. The van der Waals surface area contributed by atoms with Crippen molar-refractivity contribution in [1.29, 1.82) is 0 Å². The number of benzene rings is 2. The molecule has 0 N–H and O–H groups in total. The van der Waals surface area contributed by atoms with Crippen LogP contribution in [0.2, 0.25) is 24.2 Å². The number of rotatable bonds is 3. The van der Waals surface area contributed by atoms with E-state index in [4.69, 9.17) is 0 Å². The summed E-state index contributed by atoms with van der Waals surface area (Å²) < 4.78 is 2.91. The van der Waals surface area contributed by atoms with Crippen LogP contribution < -0.4 is 24.8 Å². The molecule has 4 aliphatic rings. The molecule has 6 rings (SSSR count). The van der Waals surface area contributed by atoms with Crippen molar-refractivity contribution in [3.05, 3.63) is 80.7 Å². The smallest absolute Gasteiger partial charge is 1.00 e. The average Bonchev–Trinajstić information content (AvgIpc) is 3.48. The predicted octanol–water partition coefficient (Wildman–Crippen LogP) is 0.799. The summed E-state index contributed by atoms with van der Waals surface area (Å²) in [6.07, 6.45) is 6.72. The van der Waals surface area contributed by atoms with E-state index in [0.717, 1.165) is 3.63 Å². The summed E-state index contributed by atoms with van der Waals surface area (Å²) in [7, 11) is 0. The summed E-state index contributed by atoms with van der Waals surface area (Å²) in [5, 5.41) is 0. The molecule has 2 heterocycles. The van der Waals surface area contributed by atoms with Crippen LogP contribution in [-0.4, -0.2) is 10.9 Å². The van der Waals surface area contributed by atoms with Gasteiger partial charge in [0.25, 0.3) is 0 Å². The topological polar surface area (TPSA) is 0 Å². The molecule has 2 bridgehead atoms. The van der Waals surface area contributed by atoms with E-state index in [0.29, 0.717) is 5.92 Å². The first-order chi connectivity index (χ1) is 13.7. The van der Waals surface area contributed by atoms with Crippen LogP contribution in [0.15, 0.2) is 69.5 Å². The van der Waals surface area contributed by atoms with E-state index < -0.39 is 17.5 Å². The molecule has 0 nitrogen and oxygen atoms in total. The molecule has 0 saturated carbocycles. The van der Waals surface area contributed by atoms with E-state index in [1.165, 1.54) is 6.42 Å². The first-order valence-corrected chi connectivity index (χ1v) is 24.9. The first-order valence-electron chi connectivity index (χ1n) is 11.0. The Bertz CT molecular complexity index is 1130. The molecule has 2 aromatic rings. The van der Waals surface area contributed by atoms with E-state index in [2.05, 4.69) is 77.8 Å². The van der Waals surface area contributed by atoms with E-state index in [1.54, 1.807) is 52.0 Å². The minimum Gasteiger partial charge on any atom is -1.00 e. The summed E-state index contributed by atoms with van der Waals surface area (Å²) in [6.45, 7) is 4.78. The molecule has 0 fully saturated rings. The minimum atomic E-state index is -2.46. The monoisotopic (exact) mass is 544 g/mol. The number of halogens is 2. The second kappa shape index (κ2) is 8.63. The third kappa shape index (κ3) is 3.06. The Balaban J connectivity index is 0.00000109. The van der Waals surface area contributed by atoms with Crippen LogP contribution in [0.1, 0.15) is 35.0 Å². The molecule has 2 aliphatic heterocycles. The Kier molecular flexibility index (Phi) is 6.62. The zero-order chi connectivity index (χ0) is 18.9. The summed E-state index contributed by atoms with van der Waals surface area (Å²) >= 11 is -2.46. The minimum absolute atomic E-state index is 0. The van der Waals surface area contributed by atoms with Gasteiger partial charge in [-0.3, -0.25) is 0 Å². The van der Waals surface area contributed by atoms with Crippen LogP contribution in [0.4, 0.5) is 0 Å². The number of hydrogen-bond donors (Lipinski definition) is 0. The maximum absolute atomic E-state index is 2.77. The van der Waals surface area contributed by atoms with Gasteiger partial charge in [0.15, 0.2) is 0 Å². The van der Waals surface area contributed by atoms with Gasteiger partial charge >= 0.3 is 174 Å². The Morgan fingerprint density at radius 2 is 1.30 bits per heavy atom. The molecule has 5 heteroatoms. The summed E-state index contributed by atoms with van der Waals surface area (Å²) in [4.78, 5) is 0. The molecule has 0 saturated heterocycles. The van der Waals surface area contributed by atoms with Gasteiger partial charge in [-0.05, 0) is 0 Å². The second-order valence-electron chi connectivity index (χ2n) is 9.36. The van der Waals surface area contributed by atoms with Crippen LogP contribution in [0.3, 0.4) is 0 Å². The van der Waals surface area contributed by atoms with E-state index >= 15 is 0 Å². The average molecular weight is 547 g/mol. The van der Waals surface area contributed by atoms with Crippen molar-refractivity contribution in [1.82, 2.24) is 0 Å². The van der Waals surface area contributed by atoms with Gasteiger partial charge in [0.2, 0.25) is 0 Å². The normalized spacial score (nSPS) is 18.4. The molecule has 0 spiro atoms. The third-order valence-electron chi connectivity index (χ3n) is 7.91. The van der Waals surface area contributed by atoms with Crippen molar-refractivity contribution in [2.24, 2.45) is 5.92 Å². The van der Waals surface area contributed by atoms with Crippen molar-refractivity contribution >= 4 is 10.9 Å². The largest absolute Gasteiger partial charge is 1.00 e. The Morgan fingerprint density at radius 1 is 0.800 bits per heavy atom. The van der Waals surface area contributed by atoms with E-state index in [1.807, 2.05) is 0 Å². The zero-order valence-corrected chi connectivity index (χ0v) is 23.7. The van der Waals surface area contributed by atoms with Crippen LogP contribution in [0.25, 0.3) is 11.1 Å². The Morgan fingerprint density at radius 3 is 1.77 bits per heavy atom. The maximum Gasteiger partial charge on any atom is -1.00 e. The fraction of sp³-hybridized carbons (Fsp3) is 0.360. The van der Waals surface area contributed by atoms with Crippen LogP contribution in [0, 0.1) is 5.92 Å². The molecule has 0 unspecified atom stereocenters. The maximum atomic E-state index is 2.77. The van der Waals surface area contributed by atoms with Gasteiger partial charge in [-0.15, -0.1) is 0 Å².